The first kappa shape index (κ1) is 89.2. The molecule has 0 atom stereocenters. The molecule has 20 aromatic heterocycles. The maximum atomic E-state index is 12.6. The number of carbonyl (C=O) groups excluding carboxylic acids is 4. The fraction of sp³-hybridized carbons (Fsp3) is 0.148. The Morgan fingerprint density at radius 3 is 0.833 bits per heavy atom. The summed E-state index contributed by atoms with van der Waals surface area (Å²) < 4.78 is 0. The number of carbonyl (C=O) groups is 4. The van der Waals surface area contributed by atoms with Crippen molar-refractivity contribution in [2.75, 3.05) is 21.3 Å². The van der Waals surface area contributed by atoms with Gasteiger partial charge in [0, 0.05) is 140 Å². The van der Waals surface area contributed by atoms with Gasteiger partial charge in [0.2, 0.25) is 23.6 Å². The van der Waals surface area contributed by atoms with E-state index in [2.05, 4.69) is 204 Å². The van der Waals surface area contributed by atoms with Gasteiger partial charge in [-0.15, -0.1) is 0 Å². The van der Waals surface area contributed by atoms with Gasteiger partial charge in [-0.25, -0.2) is 19.9 Å². The first-order valence-corrected chi connectivity index (χ1v) is 51.1. The third-order valence-electron chi connectivity index (χ3n) is 26.3. The fourth-order valence-corrected chi connectivity index (χ4v) is 21.0. The van der Waals surface area contributed by atoms with E-state index in [1.54, 1.807) is 114 Å². The highest BCUT2D eigenvalue weighted by atomic mass is 32.1. The number of imidazole rings is 4. The van der Waals surface area contributed by atoms with E-state index in [1.165, 1.54) is 0 Å². The number of amides is 4. The van der Waals surface area contributed by atoms with Crippen LogP contribution in [0.4, 0.5) is 22.7 Å². The van der Waals surface area contributed by atoms with E-state index >= 15 is 0 Å². The van der Waals surface area contributed by atoms with E-state index in [-0.39, 0.29) is 41.4 Å². The third kappa shape index (κ3) is 18.3. The largest absolute Gasteiger partial charge is 0.335 e. The van der Waals surface area contributed by atoms with Gasteiger partial charge in [-0.3, -0.25) is 79.4 Å². The summed E-state index contributed by atoms with van der Waals surface area (Å²) in [6.45, 7) is 2.07. The normalized spacial score (nSPS) is 13.2. The Kier molecular flexibility index (Phi) is 24.1. The Labute approximate surface area is 835 Å². The van der Waals surface area contributed by atoms with Gasteiger partial charge in [0.1, 0.15) is 44.8 Å². The van der Waals surface area contributed by atoms with Crippen LogP contribution < -0.4 is 21.3 Å². The van der Waals surface area contributed by atoms with Crippen LogP contribution in [0.2, 0.25) is 0 Å². The van der Waals surface area contributed by atoms with E-state index in [1.807, 2.05) is 120 Å². The van der Waals surface area contributed by atoms with E-state index in [9.17, 15) is 19.2 Å². The van der Waals surface area contributed by atoms with Gasteiger partial charge < -0.3 is 41.2 Å². The molecule has 4 amide bonds. The number of H-pyrrole nitrogens is 8. The van der Waals surface area contributed by atoms with Crippen LogP contribution in [-0.4, -0.2) is 144 Å². The first-order chi connectivity index (χ1) is 70.9. The number of thiophene rings is 4. The van der Waals surface area contributed by atoms with Gasteiger partial charge >= 0.3 is 0 Å². The van der Waals surface area contributed by atoms with Crippen LogP contribution >= 0.6 is 45.3 Å². The lowest BCUT2D eigenvalue weighted by Gasteiger charge is -2.24. The Morgan fingerprint density at radius 2 is 0.569 bits per heavy atom. The van der Waals surface area contributed by atoms with Crippen LogP contribution in [0.1, 0.15) is 84.0 Å². The number of nitrogens with one attached hydrogen (secondary N) is 12. The van der Waals surface area contributed by atoms with Crippen LogP contribution in [0.5, 0.6) is 0 Å². The minimum absolute atomic E-state index is 0.00423. The maximum Gasteiger partial charge on any atom is 0.227 e. The second-order valence-corrected chi connectivity index (χ2v) is 39.0. The highest BCUT2D eigenvalue weighted by Gasteiger charge is 2.31. The standard InChI is InChI=1S/C28H23N7OS.C27H21N7OS.C27H23N7OS.C26H19N7OS/c36-28(16-3-1-2-4-16)31-20-9-19(11-29-12-20)17-5-6-23-21(10-17)26(35-34-23)27-32-24-14-30-13-22(25(24)33-27)18-7-8-37-15-18;35-27(15-2-1-3-15)30-19-8-18(10-28-11-19)16-4-5-22-20(9-16)25(34-33-22)26-31-23-13-29-12-21(24(23)32-26)17-6-7-36-14-17;1-2-3-4-24(35)30-19-9-18(11-28-12-19)16-5-6-22-20(10-16)26(34-33-22)27-31-23-14-29-13-21(25(23)32-27)17-7-8-36-15-17;34-26(14-1-2-14)29-18-7-17(9-27-10-18)15-3-4-21-19(8-15)24(33-32-21)25-30-22-12-28-11-20(23(22)31-25)16-5-6-35-13-16/h5-16H,1-4H2,(H,31,36)(H,32,33)(H,34,35);4-15H,1-3H2,(H,30,35)(H,31,32)(H,33,34);5-15H,2-4H2,1H3,(H,30,35)(H,31,32)(H,33,34);3-14H,1-2H2,(H,29,34)(H,30,31)(H,32,33). The summed E-state index contributed by atoms with van der Waals surface area (Å²) in [4.78, 5) is 118. The Bertz CT molecular complexity index is 8920. The highest BCUT2D eigenvalue weighted by Crippen LogP contribution is 2.43. The molecule has 0 radical (unpaired) electrons. The van der Waals surface area contributed by atoms with Crippen molar-refractivity contribution in [3.8, 4) is 135 Å². The topological polar surface area (TPSA) is 449 Å². The van der Waals surface area contributed by atoms with Crippen molar-refractivity contribution in [2.45, 2.75) is 84.0 Å². The number of nitrogens with zero attached hydrogens (tertiary/aromatic N) is 16. The van der Waals surface area contributed by atoms with Crippen molar-refractivity contribution in [1.82, 2.24) is 121 Å². The molecular weight excluding hydrogens is 1880 g/mol. The molecule has 3 fully saturated rings. The number of unbranched alkanes of at least 4 members (excludes halogenated alkanes) is 1. The van der Waals surface area contributed by atoms with E-state index in [4.69, 9.17) is 19.9 Å². The summed E-state index contributed by atoms with van der Waals surface area (Å²) in [6, 6.07) is 40.5. The molecule has 32 nitrogen and oxygen atoms in total. The van der Waals surface area contributed by atoms with Crippen molar-refractivity contribution < 1.29 is 19.2 Å². The molecular formula is C108H86N28O4S4. The lowest BCUT2D eigenvalue weighted by atomic mass is 9.85. The van der Waals surface area contributed by atoms with Gasteiger partial charge in [-0.2, -0.15) is 65.7 Å². The number of hydrogen-bond acceptors (Lipinski definition) is 24. The quantitative estimate of drug-likeness (QED) is 0.0300. The minimum atomic E-state index is 0.00423. The number of pyridine rings is 8. The lowest BCUT2D eigenvalue weighted by Crippen LogP contribution is -2.28. The monoisotopic (exact) mass is 1970 g/mol. The molecule has 3 saturated carbocycles. The first-order valence-electron chi connectivity index (χ1n) is 47.3. The number of aromatic amines is 8. The number of hydrogen-bond donors (Lipinski definition) is 12. The van der Waals surface area contributed by atoms with Crippen LogP contribution in [0.25, 0.3) is 223 Å². The van der Waals surface area contributed by atoms with Crippen molar-refractivity contribution in [3.05, 3.63) is 264 Å². The van der Waals surface area contributed by atoms with E-state index in [0.717, 1.165) is 270 Å². The number of aromatic nitrogens is 24. The number of benzene rings is 4. The summed E-state index contributed by atoms with van der Waals surface area (Å²) in [7, 11) is 0. The minimum Gasteiger partial charge on any atom is -0.335 e. The van der Waals surface area contributed by atoms with Crippen LogP contribution in [0.15, 0.2) is 264 Å². The molecule has 0 aliphatic heterocycles. The molecule has 3 aliphatic carbocycles. The van der Waals surface area contributed by atoms with E-state index < -0.39 is 0 Å². The number of fused-ring (bicyclic) bond motifs is 8. The van der Waals surface area contributed by atoms with Gasteiger partial charge in [0.05, 0.1) is 116 Å². The van der Waals surface area contributed by atoms with Crippen molar-refractivity contribution in [2.24, 2.45) is 17.8 Å². The van der Waals surface area contributed by atoms with Gasteiger partial charge in [0.15, 0.2) is 23.3 Å². The fourth-order valence-electron chi connectivity index (χ4n) is 18.4. The third-order valence-corrected chi connectivity index (χ3v) is 29.1. The van der Waals surface area contributed by atoms with Crippen LogP contribution in [0.3, 0.4) is 0 Å². The molecule has 27 rings (SSSR count). The summed E-state index contributed by atoms with van der Waals surface area (Å²) in [6.07, 6.45) is 40.0. The molecule has 3 aliphatic rings. The lowest BCUT2D eigenvalue weighted by molar-refractivity contribution is -0.122. The van der Waals surface area contributed by atoms with Crippen LogP contribution in [0, 0.1) is 17.8 Å². The van der Waals surface area contributed by atoms with Crippen molar-refractivity contribution in [1.29, 1.82) is 0 Å². The van der Waals surface area contributed by atoms with Crippen molar-refractivity contribution >= 4 is 179 Å². The molecule has 24 aromatic rings. The van der Waals surface area contributed by atoms with Crippen molar-refractivity contribution in [3.63, 3.8) is 0 Å². The van der Waals surface area contributed by atoms with E-state index in [0.29, 0.717) is 52.5 Å². The predicted octanol–water partition coefficient (Wildman–Crippen LogP) is 24.5. The summed E-state index contributed by atoms with van der Waals surface area (Å²) in [5.74, 6) is 3.32. The Balaban J connectivity index is 0.000000103. The molecule has 0 bridgehead atoms. The van der Waals surface area contributed by atoms with Gasteiger partial charge in [-0.05, 0) is 230 Å². The zero-order valence-corrected chi connectivity index (χ0v) is 80.3. The molecule has 12 N–H and O–H groups in total. The molecule has 0 saturated heterocycles. The molecule has 0 spiro atoms. The predicted molar refractivity (Wildman–Crippen MR) is 568 cm³/mol. The summed E-state index contributed by atoms with van der Waals surface area (Å²) in [5, 5.41) is 63.1. The van der Waals surface area contributed by atoms with Gasteiger partial charge in [-0.1, -0.05) is 56.9 Å². The second kappa shape index (κ2) is 39.0. The average Bonchev–Trinajstić information content (AvgIpc) is 1.62. The second-order valence-electron chi connectivity index (χ2n) is 35.9. The Morgan fingerprint density at radius 1 is 0.292 bits per heavy atom. The number of rotatable bonds is 22. The zero-order chi connectivity index (χ0) is 96.7. The summed E-state index contributed by atoms with van der Waals surface area (Å²) >= 11 is 6.59. The molecule has 36 heteroatoms. The summed E-state index contributed by atoms with van der Waals surface area (Å²) in [5.41, 5.74) is 32.2. The smallest absolute Gasteiger partial charge is 0.227 e. The molecule has 144 heavy (non-hydrogen) atoms. The SMILES string of the molecule is CCCCC(=O)Nc1cncc(-c2ccc3[nH]nc(-c4nc5c(-c6ccsc6)cncc5[nH]4)c3c2)c1.O=C(Nc1cncc(-c2ccc3[nH]nc(-c4nc5c(-c6ccsc6)cncc5[nH]4)c3c2)c1)C1CC1.O=C(Nc1cncc(-c2ccc3[nH]nc(-c4nc5c(-c6ccsc6)cncc5[nH]4)c3c2)c1)C1CCC1.O=C(Nc1cncc(-c2ccc3[nH]nc(-c4nc5c(-c6ccsc6)cncc5[nH]4)c3c2)c1)C1CCCC1. The molecule has 0 unspecified atom stereocenters. The Hall–Kier alpha value is -17.5. The maximum absolute atomic E-state index is 12.6. The molecule has 706 valence electrons. The number of anilines is 4. The highest BCUT2D eigenvalue weighted by molar-refractivity contribution is 7.09. The molecule has 20 heterocycles. The van der Waals surface area contributed by atoms with Gasteiger partial charge in [0.25, 0.3) is 0 Å². The molecule has 4 aromatic carbocycles. The zero-order valence-electron chi connectivity index (χ0n) is 77.0. The average molecular weight is 1970 g/mol. The van der Waals surface area contributed by atoms with Crippen LogP contribution in [-0.2, 0) is 19.2 Å².